The van der Waals surface area contributed by atoms with Gasteiger partial charge in [-0.1, -0.05) is 23.9 Å². The van der Waals surface area contributed by atoms with Crippen LogP contribution in [-0.4, -0.2) is 21.0 Å². The summed E-state index contributed by atoms with van der Waals surface area (Å²) in [6, 6.07) is 7.07. The molecule has 3 nitrogen and oxygen atoms in total. The number of fused-ring (bicyclic) bond motifs is 1. The Labute approximate surface area is 182 Å². The quantitative estimate of drug-likeness (QED) is 0.359. The van der Waals surface area contributed by atoms with Crippen molar-refractivity contribution < 1.29 is 26.3 Å². The molecule has 2 aromatic carbocycles. The summed E-state index contributed by atoms with van der Waals surface area (Å²) in [6.07, 6.45) is -6.27. The van der Waals surface area contributed by atoms with Crippen LogP contribution in [0.5, 0.6) is 0 Å². The molecule has 1 fully saturated rings. The highest BCUT2D eigenvalue weighted by Crippen LogP contribution is 2.38. The Hall–Kier alpha value is -2.11. The van der Waals surface area contributed by atoms with Gasteiger partial charge in [-0.2, -0.15) is 31.4 Å². The topological polar surface area (TPSA) is 29.9 Å². The predicted octanol–water partition coefficient (Wildman–Crippen LogP) is 6.01. The van der Waals surface area contributed by atoms with E-state index in [4.69, 9.17) is 0 Å². The molecule has 2 heterocycles. The van der Waals surface area contributed by atoms with Gasteiger partial charge in [0.1, 0.15) is 4.71 Å². The van der Waals surface area contributed by atoms with Crippen molar-refractivity contribution in [3.63, 3.8) is 0 Å². The van der Waals surface area contributed by atoms with E-state index in [2.05, 4.69) is 23.0 Å². The molecule has 1 unspecified atom stereocenters. The van der Waals surface area contributed by atoms with Gasteiger partial charge in [0.25, 0.3) is 0 Å². The Bertz CT molecular complexity index is 1150. The van der Waals surface area contributed by atoms with Gasteiger partial charge in [0.15, 0.2) is 0 Å². The van der Waals surface area contributed by atoms with Gasteiger partial charge in [-0.05, 0) is 41.5 Å². The SMILES string of the molecule is FC(F)(F)c1ccc(Cn2ncc3cc(/C=C4\CNC(S)S4)ccc32)c(C(F)(F)F)c1. The maximum absolute atomic E-state index is 13.4. The lowest BCUT2D eigenvalue weighted by atomic mass is 10.0. The van der Waals surface area contributed by atoms with Crippen molar-refractivity contribution in [2.75, 3.05) is 6.54 Å². The van der Waals surface area contributed by atoms with Gasteiger partial charge in [0.2, 0.25) is 0 Å². The number of thiol groups is 1. The molecule has 11 heteroatoms. The number of rotatable bonds is 3. The Morgan fingerprint density at radius 1 is 1.10 bits per heavy atom. The van der Waals surface area contributed by atoms with Gasteiger partial charge in [-0.3, -0.25) is 10.00 Å². The van der Waals surface area contributed by atoms with E-state index in [1.54, 1.807) is 17.8 Å². The highest BCUT2D eigenvalue weighted by molar-refractivity contribution is 8.13. The number of halogens is 6. The van der Waals surface area contributed by atoms with E-state index in [9.17, 15) is 26.3 Å². The third-order valence-electron chi connectivity index (χ3n) is 4.77. The third-order valence-corrected chi connectivity index (χ3v) is 6.22. The van der Waals surface area contributed by atoms with Gasteiger partial charge in [-0.15, -0.1) is 12.6 Å². The molecular weight excluding hydrogens is 460 g/mol. The van der Waals surface area contributed by atoms with Crippen molar-refractivity contribution in [1.29, 1.82) is 0 Å². The molecular formula is C20H15F6N3S2. The van der Waals surface area contributed by atoms with Gasteiger partial charge >= 0.3 is 12.4 Å². The number of hydrogen-bond acceptors (Lipinski definition) is 4. The van der Waals surface area contributed by atoms with Crippen molar-refractivity contribution in [1.82, 2.24) is 15.1 Å². The van der Waals surface area contributed by atoms with E-state index in [1.165, 1.54) is 10.9 Å². The second-order valence-corrected chi connectivity index (χ2v) is 9.05. The van der Waals surface area contributed by atoms with E-state index in [-0.39, 0.29) is 22.9 Å². The minimum Gasteiger partial charge on any atom is -0.292 e. The second-order valence-electron chi connectivity index (χ2n) is 6.95. The number of hydrogen-bond donors (Lipinski definition) is 2. The number of benzene rings is 2. The Morgan fingerprint density at radius 2 is 1.87 bits per heavy atom. The molecule has 1 atom stereocenters. The van der Waals surface area contributed by atoms with E-state index < -0.39 is 23.5 Å². The molecule has 0 radical (unpaired) electrons. The summed E-state index contributed by atoms with van der Waals surface area (Å²) in [5.41, 5.74) is -1.46. The number of aromatic nitrogens is 2. The van der Waals surface area contributed by atoms with Crippen LogP contribution in [0.2, 0.25) is 0 Å². The standard InChI is InChI=1S/C20H15F6N3S2/c21-19(22,23)14-3-2-12(16(7-14)20(24,25)26)10-29-17-4-1-11(5-13(17)8-28-29)6-15-9-27-18(30)31-15/h1-8,18,27,30H,9-10H2/b15-6+. The second kappa shape index (κ2) is 8.10. The number of alkyl halides is 6. The highest BCUT2D eigenvalue weighted by Gasteiger charge is 2.38. The van der Waals surface area contributed by atoms with Crippen molar-refractivity contribution in [3.8, 4) is 0 Å². The summed E-state index contributed by atoms with van der Waals surface area (Å²) >= 11 is 5.92. The summed E-state index contributed by atoms with van der Waals surface area (Å²) in [6.45, 7) is 0.391. The predicted molar refractivity (Wildman–Crippen MR) is 112 cm³/mol. The molecule has 164 valence electrons. The molecule has 0 saturated carbocycles. The van der Waals surface area contributed by atoms with Crippen LogP contribution < -0.4 is 5.32 Å². The van der Waals surface area contributed by atoms with Crippen LogP contribution in [-0.2, 0) is 18.9 Å². The van der Waals surface area contributed by atoms with Crippen LogP contribution in [0.15, 0.2) is 47.5 Å². The zero-order valence-electron chi connectivity index (χ0n) is 15.6. The first-order valence-electron chi connectivity index (χ1n) is 9.02. The highest BCUT2D eigenvalue weighted by atomic mass is 32.2. The molecule has 0 spiro atoms. The van der Waals surface area contributed by atoms with Gasteiger partial charge in [0.05, 0.1) is 29.4 Å². The fourth-order valence-electron chi connectivity index (χ4n) is 3.32. The van der Waals surface area contributed by atoms with Crippen LogP contribution in [0.3, 0.4) is 0 Å². The average molecular weight is 475 g/mol. The molecule has 0 aliphatic carbocycles. The molecule has 1 aromatic heterocycles. The van der Waals surface area contributed by atoms with E-state index in [0.29, 0.717) is 23.5 Å². The first kappa shape index (κ1) is 22.1. The van der Waals surface area contributed by atoms with Crippen LogP contribution in [0.25, 0.3) is 17.0 Å². The molecule has 0 amide bonds. The molecule has 1 aliphatic heterocycles. The minimum atomic E-state index is -4.92. The van der Waals surface area contributed by atoms with Crippen molar-refractivity contribution in [3.05, 3.63) is 69.8 Å². The fraction of sp³-hybridized carbons (Fsp3) is 0.250. The van der Waals surface area contributed by atoms with Crippen LogP contribution in [0, 0.1) is 0 Å². The third kappa shape index (κ3) is 4.88. The van der Waals surface area contributed by atoms with Crippen molar-refractivity contribution in [2.45, 2.75) is 23.6 Å². The first-order chi connectivity index (χ1) is 14.5. The normalized spacial score (nSPS) is 18.9. The van der Waals surface area contributed by atoms with E-state index >= 15 is 0 Å². The fourth-order valence-corrected chi connectivity index (χ4v) is 4.64. The molecule has 31 heavy (non-hydrogen) atoms. The van der Waals surface area contributed by atoms with Crippen LogP contribution >= 0.6 is 24.4 Å². The van der Waals surface area contributed by atoms with Crippen LogP contribution in [0.1, 0.15) is 22.3 Å². The number of thioether (sulfide) groups is 1. The molecule has 1 aliphatic rings. The Morgan fingerprint density at radius 3 is 2.52 bits per heavy atom. The maximum Gasteiger partial charge on any atom is 0.416 e. The lowest BCUT2D eigenvalue weighted by molar-refractivity contribution is -0.143. The summed E-state index contributed by atoms with van der Waals surface area (Å²) < 4.78 is 80.3. The summed E-state index contributed by atoms with van der Waals surface area (Å²) in [4.78, 5) is 1.10. The number of nitrogens with one attached hydrogen (secondary N) is 1. The molecule has 0 bridgehead atoms. The summed E-state index contributed by atoms with van der Waals surface area (Å²) in [7, 11) is 0. The molecule has 1 N–H and O–H groups in total. The molecule has 4 rings (SSSR count). The maximum atomic E-state index is 13.4. The van der Waals surface area contributed by atoms with Gasteiger partial charge < -0.3 is 0 Å². The first-order valence-corrected chi connectivity index (χ1v) is 10.4. The zero-order chi connectivity index (χ0) is 22.4. The van der Waals surface area contributed by atoms with Gasteiger partial charge in [-0.25, -0.2) is 0 Å². The largest absolute Gasteiger partial charge is 0.416 e. The molecule has 1 saturated heterocycles. The average Bonchev–Trinajstić information content (AvgIpc) is 3.26. The Kier molecular flexibility index (Phi) is 5.78. The lowest BCUT2D eigenvalue weighted by Gasteiger charge is -2.16. The van der Waals surface area contributed by atoms with Crippen molar-refractivity contribution in [2.24, 2.45) is 0 Å². The zero-order valence-corrected chi connectivity index (χ0v) is 17.3. The Balaban J connectivity index is 1.66. The summed E-state index contributed by atoms with van der Waals surface area (Å²) in [5.74, 6) is 0. The smallest absolute Gasteiger partial charge is 0.292 e. The molecule has 3 aromatic rings. The lowest BCUT2D eigenvalue weighted by Crippen LogP contribution is -2.15. The minimum absolute atomic E-state index is 0.0318. The monoisotopic (exact) mass is 475 g/mol. The van der Waals surface area contributed by atoms with Gasteiger partial charge in [0, 0.05) is 16.8 Å². The van der Waals surface area contributed by atoms with Crippen molar-refractivity contribution >= 4 is 41.4 Å². The van der Waals surface area contributed by atoms with E-state index in [1.807, 2.05) is 18.2 Å². The summed E-state index contributed by atoms with van der Waals surface area (Å²) in [5, 5.41) is 8.03. The van der Waals surface area contributed by atoms with E-state index in [0.717, 1.165) is 16.5 Å². The van der Waals surface area contributed by atoms with Crippen LogP contribution in [0.4, 0.5) is 26.3 Å². The number of nitrogens with zero attached hydrogens (tertiary/aromatic N) is 2.